The lowest BCUT2D eigenvalue weighted by atomic mass is 9.86. The summed E-state index contributed by atoms with van der Waals surface area (Å²) >= 11 is 0. The number of hydrogen-bond donors (Lipinski definition) is 2. The number of nitrogens with one attached hydrogen (secondary N) is 1. The number of pyridine rings is 1. The van der Waals surface area contributed by atoms with Gasteiger partial charge in [0, 0.05) is 29.8 Å². The smallest absolute Gasteiger partial charge is 0.356 e. The van der Waals surface area contributed by atoms with E-state index in [1.165, 1.54) is 7.11 Å². The predicted molar refractivity (Wildman–Crippen MR) is 83.5 cm³/mol. The number of carbonyl (C=O) groups excluding carboxylic acids is 2. The molecule has 2 N–H and O–H groups in total. The summed E-state index contributed by atoms with van der Waals surface area (Å²) in [6.45, 7) is 1.79. The topological polar surface area (TPSA) is 88.5 Å². The van der Waals surface area contributed by atoms with E-state index in [-0.39, 0.29) is 29.7 Å². The third-order valence-electron chi connectivity index (χ3n) is 3.93. The molecule has 3 rings (SSSR count). The van der Waals surface area contributed by atoms with Crippen molar-refractivity contribution < 1.29 is 19.4 Å². The molecule has 0 unspecified atom stereocenters. The molecule has 118 valence electrons. The van der Waals surface area contributed by atoms with Gasteiger partial charge in [0.25, 0.3) is 0 Å². The maximum atomic E-state index is 12.0. The van der Waals surface area contributed by atoms with Gasteiger partial charge in [-0.3, -0.25) is 4.79 Å². The zero-order valence-corrected chi connectivity index (χ0v) is 12.8. The number of aromatic nitrogens is 1. The van der Waals surface area contributed by atoms with Crippen molar-refractivity contribution in [3.63, 3.8) is 0 Å². The molecular weight excluding hydrogens is 296 g/mol. The van der Waals surface area contributed by atoms with Crippen molar-refractivity contribution in [1.29, 1.82) is 0 Å². The maximum Gasteiger partial charge on any atom is 0.356 e. The van der Waals surface area contributed by atoms with Gasteiger partial charge in [-0.1, -0.05) is 6.07 Å². The Morgan fingerprint density at radius 1 is 1.39 bits per heavy atom. The number of fused-ring (bicyclic) bond motifs is 1. The summed E-state index contributed by atoms with van der Waals surface area (Å²) < 4.78 is 4.69. The number of anilines is 1. The molecule has 6 heteroatoms. The molecule has 2 heterocycles. The number of nitrogens with zero attached hydrogens (tertiary/aromatic N) is 1. The third kappa shape index (κ3) is 2.75. The summed E-state index contributed by atoms with van der Waals surface area (Å²) in [5.74, 6) is -0.825. The van der Waals surface area contributed by atoms with Crippen molar-refractivity contribution in [2.75, 3.05) is 12.4 Å². The number of esters is 1. The number of methoxy groups -OCH3 is 1. The van der Waals surface area contributed by atoms with Crippen molar-refractivity contribution in [3.05, 3.63) is 52.8 Å². The van der Waals surface area contributed by atoms with Crippen LogP contribution in [0.2, 0.25) is 0 Å². The first-order valence-corrected chi connectivity index (χ1v) is 7.18. The van der Waals surface area contributed by atoms with Crippen LogP contribution in [0.4, 0.5) is 5.69 Å². The van der Waals surface area contributed by atoms with Crippen LogP contribution in [0.25, 0.3) is 0 Å². The standard InChI is InChI=1S/C17H16N2O4/c1-9-6-10-11(7-16(21)19-14(10)8-15(9)20)12-4-3-5-13(18-12)17(22)23-2/h3-6,8,11,20H,7H2,1-2H3,(H,19,21)/t11-/m1/s1. The molecule has 0 aliphatic carbocycles. The molecule has 1 amide bonds. The maximum absolute atomic E-state index is 12.0. The Balaban J connectivity index is 2.09. The number of phenols is 1. The molecule has 2 aromatic rings. The van der Waals surface area contributed by atoms with Crippen molar-refractivity contribution in [3.8, 4) is 5.75 Å². The Bertz CT molecular complexity index is 801. The molecule has 0 saturated carbocycles. The summed E-state index contributed by atoms with van der Waals surface area (Å²) in [6.07, 6.45) is 0.231. The van der Waals surface area contributed by atoms with Gasteiger partial charge in [0.05, 0.1) is 7.11 Å². The highest BCUT2D eigenvalue weighted by Gasteiger charge is 2.28. The SMILES string of the molecule is COC(=O)c1cccc([C@@H]2CC(=O)Nc3cc(O)c(C)cc32)n1. The van der Waals surface area contributed by atoms with Gasteiger partial charge < -0.3 is 15.2 Å². The second kappa shape index (κ2) is 5.72. The van der Waals surface area contributed by atoms with E-state index in [1.807, 2.05) is 6.07 Å². The lowest BCUT2D eigenvalue weighted by Crippen LogP contribution is -2.24. The molecule has 1 atom stereocenters. The highest BCUT2D eigenvalue weighted by molar-refractivity contribution is 5.95. The second-order valence-electron chi connectivity index (χ2n) is 5.47. The van der Waals surface area contributed by atoms with Crippen LogP contribution in [-0.4, -0.2) is 29.1 Å². The number of benzene rings is 1. The van der Waals surface area contributed by atoms with E-state index in [1.54, 1.807) is 31.2 Å². The van der Waals surface area contributed by atoms with Crippen LogP contribution >= 0.6 is 0 Å². The van der Waals surface area contributed by atoms with Gasteiger partial charge in [-0.05, 0) is 36.2 Å². The number of ether oxygens (including phenoxy) is 1. The molecular formula is C17H16N2O4. The second-order valence-corrected chi connectivity index (χ2v) is 5.47. The number of phenolic OH excluding ortho intramolecular Hbond substituents is 1. The molecule has 1 aromatic carbocycles. The number of aromatic hydroxyl groups is 1. The highest BCUT2D eigenvalue weighted by Crippen LogP contribution is 2.39. The number of aryl methyl sites for hydroxylation is 1. The Labute approximate surface area is 133 Å². The fourth-order valence-corrected chi connectivity index (χ4v) is 2.74. The number of hydrogen-bond acceptors (Lipinski definition) is 5. The summed E-state index contributed by atoms with van der Waals surface area (Å²) in [5.41, 5.74) is 2.98. The quantitative estimate of drug-likeness (QED) is 0.831. The number of rotatable bonds is 2. The molecule has 6 nitrogen and oxygen atoms in total. The minimum atomic E-state index is -0.519. The van der Waals surface area contributed by atoms with Gasteiger partial charge in [-0.25, -0.2) is 9.78 Å². The van der Waals surface area contributed by atoms with Gasteiger partial charge in [0.15, 0.2) is 0 Å². The molecule has 23 heavy (non-hydrogen) atoms. The van der Waals surface area contributed by atoms with Gasteiger partial charge in [-0.2, -0.15) is 0 Å². The Hall–Kier alpha value is -2.89. The van der Waals surface area contributed by atoms with Crippen molar-refractivity contribution in [1.82, 2.24) is 4.98 Å². The third-order valence-corrected chi connectivity index (χ3v) is 3.93. The summed E-state index contributed by atoms with van der Waals surface area (Å²) in [4.78, 5) is 28.0. The van der Waals surface area contributed by atoms with E-state index in [0.29, 0.717) is 16.9 Å². The molecule has 1 aromatic heterocycles. The van der Waals surface area contributed by atoms with E-state index in [2.05, 4.69) is 10.3 Å². The van der Waals surface area contributed by atoms with Crippen LogP contribution in [-0.2, 0) is 9.53 Å². The highest BCUT2D eigenvalue weighted by atomic mass is 16.5. The van der Waals surface area contributed by atoms with Crippen LogP contribution in [0.3, 0.4) is 0 Å². The zero-order valence-electron chi connectivity index (χ0n) is 12.8. The molecule has 0 fully saturated rings. The Morgan fingerprint density at radius 3 is 2.91 bits per heavy atom. The molecule has 1 aliphatic rings. The first-order chi connectivity index (χ1) is 11.0. The molecule has 1 aliphatic heterocycles. The molecule has 0 bridgehead atoms. The number of carbonyl (C=O) groups is 2. The lowest BCUT2D eigenvalue weighted by Gasteiger charge is -2.26. The largest absolute Gasteiger partial charge is 0.508 e. The van der Waals surface area contributed by atoms with Gasteiger partial charge in [0.2, 0.25) is 5.91 Å². The van der Waals surface area contributed by atoms with E-state index < -0.39 is 5.97 Å². The molecule has 0 saturated heterocycles. The van der Waals surface area contributed by atoms with Crippen LogP contribution in [0.1, 0.15) is 39.6 Å². The summed E-state index contributed by atoms with van der Waals surface area (Å²) in [6, 6.07) is 8.44. The number of amides is 1. The first-order valence-electron chi connectivity index (χ1n) is 7.18. The van der Waals surface area contributed by atoms with Crippen molar-refractivity contribution in [2.24, 2.45) is 0 Å². The minimum Gasteiger partial charge on any atom is -0.508 e. The van der Waals surface area contributed by atoms with Crippen LogP contribution in [0, 0.1) is 6.92 Å². The average molecular weight is 312 g/mol. The summed E-state index contributed by atoms with van der Waals surface area (Å²) in [7, 11) is 1.30. The fourth-order valence-electron chi connectivity index (χ4n) is 2.74. The Kier molecular flexibility index (Phi) is 3.73. The normalized spacial score (nSPS) is 16.4. The molecule has 0 spiro atoms. The summed E-state index contributed by atoms with van der Waals surface area (Å²) in [5, 5.41) is 12.6. The van der Waals surface area contributed by atoms with Gasteiger partial charge in [0.1, 0.15) is 11.4 Å². The van der Waals surface area contributed by atoms with Crippen molar-refractivity contribution >= 4 is 17.6 Å². The van der Waals surface area contributed by atoms with Gasteiger partial charge >= 0.3 is 5.97 Å². The van der Waals surface area contributed by atoms with Gasteiger partial charge in [-0.15, -0.1) is 0 Å². The predicted octanol–water partition coefficient (Wildman–Crippen LogP) is 2.36. The van der Waals surface area contributed by atoms with E-state index in [0.717, 1.165) is 5.56 Å². The van der Waals surface area contributed by atoms with Crippen molar-refractivity contribution in [2.45, 2.75) is 19.3 Å². The fraction of sp³-hybridized carbons (Fsp3) is 0.235. The van der Waals surface area contributed by atoms with Crippen LogP contribution in [0.15, 0.2) is 30.3 Å². The monoisotopic (exact) mass is 312 g/mol. The van der Waals surface area contributed by atoms with E-state index >= 15 is 0 Å². The minimum absolute atomic E-state index is 0.126. The first kappa shape index (κ1) is 15.0. The zero-order chi connectivity index (χ0) is 16.6. The molecule has 0 radical (unpaired) electrons. The lowest BCUT2D eigenvalue weighted by molar-refractivity contribution is -0.116. The van der Waals surface area contributed by atoms with E-state index in [4.69, 9.17) is 4.74 Å². The van der Waals surface area contributed by atoms with E-state index in [9.17, 15) is 14.7 Å². The Morgan fingerprint density at radius 2 is 2.17 bits per heavy atom. The van der Waals surface area contributed by atoms with Crippen LogP contribution < -0.4 is 5.32 Å². The van der Waals surface area contributed by atoms with Crippen LogP contribution in [0.5, 0.6) is 5.75 Å². The average Bonchev–Trinajstić information content (AvgIpc) is 2.55.